The smallest absolute Gasteiger partial charge is 0.168 e. The third-order valence-corrected chi connectivity index (χ3v) is 8.38. The Bertz CT molecular complexity index is 1970. The molecule has 0 aromatic heterocycles. The van der Waals surface area contributed by atoms with Gasteiger partial charge >= 0.3 is 0 Å². The van der Waals surface area contributed by atoms with Crippen molar-refractivity contribution in [1.82, 2.24) is 0 Å². The number of carbonyl (C=O) groups excluding carboxylic acids is 3. The molecule has 0 fully saturated rings. The van der Waals surface area contributed by atoms with Gasteiger partial charge in [-0.15, -0.1) is 0 Å². The van der Waals surface area contributed by atoms with Crippen molar-refractivity contribution in [2.24, 2.45) is 16.2 Å². The monoisotopic (exact) mass is 744 g/mol. The highest BCUT2D eigenvalue weighted by atomic mass is 16.5. The summed E-state index contributed by atoms with van der Waals surface area (Å²) in [4.78, 5) is 36.2. The van der Waals surface area contributed by atoms with Crippen molar-refractivity contribution in [3.8, 4) is 39.9 Å². The number of carbonyl (C=O) groups is 3. The summed E-state index contributed by atoms with van der Waals surface area (Å²) >= 11 is 0. The number of ketones is 3. The third kappa shape index (κ3) is 13.3. The second kappa shape index (κ2) is 19.1. The van der Waals surface area contributed by atoms with Crippen molar-refractivity contribution in [1.29, 1.82) is 0 Å². The molecule has 7 heteroatoms. The molecule has 0 amide bonds. The van der Waals surface area contributed by atoms with Crippen LogP contribution in [0.15, 0.2) is 121 Å². The highest BCUT2D eigenvalue weighted by Crippen LogP contribution is 2.28. The van der Waals surface area contributed by atoms with E-state index < -0.39 is 0 Å². The Labute approximate surface area is 327 Å². The second-order valence-corrected chi connectivity index (χ2v) is 16.1. The molecule has 0 aliphatic heterocycles. The van der Waals surface area contributed by atoms with E-state index in [9.17, 15) is 14.4 Å². The van der Waals surface area contributed by atoms with Gasteiger partial charge in [0.05, 0.1) is 21.3 Å². The van der Waals surface area contributed by atoms with Crippen molar-refractivity contribution >= 4 is 17.3 Å². The van der Waals surface area contributed by atoms with E-state index in [0.717, 1.165) is 45.3 Å². The van der Waals surface area contributed by atoms with Gasteiger partial charge in [-0.25, -0.2) is 0 Å². The molecule has 0 radical (unpaired) electrons. The molecule has 0 aliphatic carbocycles. The number of hydrogen-bond acceptors (Lipinski definition) is 7. The maximum Gasteiger partial charge on any atom is 0.168 e. The molecule has 5 aromatic carbocycles. The Morgan fingerprint density at radius 3 is 0.800 bits per heavy atom. The Morgan fingerprint density at radius 2 is 0.527 bits per heavy atom. The SMILES string of the molecule is COc1ccc(-c2ccc(C(=O)C(C)(C)C)cc2)cc1.COc1ccc(C(=O)C(C)(C)C)cc1.COc1ccc(Oc2ccc(C(=O)C(C)(C)C)cc2)cc1. The van der Waals surface area contributed by atoms with Crippen molar-refractivity contribution in [3.05, 3.63) is 138 Å². The van der Waals surface area contributed by atoms with Crippen molar-refractivity contribution in [2.75, 3.05) is 21.3 Å². The van der Waals surface area contributed by atoms with Crippen LogP contribution in [0.3, 0.4) is 0 Å². The van der Waals surface area contributed by atoms with Crippen molar-refractivity contribution in [2.45, 2.75) is 62.3 Å². The van der Waals surface area contributed by atoms with E-state index in [1.807, 2.05) is 147 Å². The van der Waals surface area contributed by atoms with Gasteiger partial charge in [0.2, 0.25) is 0 Å². The summed E-state index contributed by atoms with van der Waals surface area (Å²) < 4.78 is 21.0. The first-order valence-electron chi connectivity index (χ1n) is 18.2. The van der Waals surface area contributed by atoms with Crippen LogP contribution in [-0.4, -0.2) is 38.7 Å². The van der Waals surface area contributed by atoms with Crippen LogP contribution in [0.2, 0.25) is 0 Å². The summed E-state index contributed by atoms with van der Waals surface area (Å²) in [5.41, 5.74) is 3.35. The van der Waals surface area contributed by atoms with Gasteiger partial charge in [-0.05, 0) is 96.1 Å². The average Bonchev–Trinajstić information content (AvgIpc) is 3.17. The minimum absolute atomic E-state index is 0.124. The maximum absolute atomic E-state index is 12.2. The number of benzene rings is 5. The number of rotatable bonds is 9. The zero-order valence-corrected chi connectivity index (χ0v) is 34.4. The summed E-state index contributed by atoms with van der Waals surface area (Å²) in [5.74, 6) is 4.27. The molecule has 55 heavy (non-hydrogen) atoms. The Morgan fingerprint density at radius 1 is 0.327 bits per heavy atom. The number of hydrogen-bond donors (Lipinski definition) is 0. The normalized spacial score (nSPS) is 11.1. The first-order valence-corrected chi connectivity index (χ1v) is 18.2. The van der Waals surface area contributed by atoms with Crippen LogP contribution >= 0.6 is 0 Å². The van der Waals surface area contributed by atoms with E-state index in [2.05, 4.69) is 0 Å². The highest BCUT2D eigenvalue weighted by Gasteiger charge is 2.24. The fourth-order valence-electron chi connectivity index (χ4n) is 5.09. The quantitative estimate of drug-likeness (QED) is 0.139. The number of ether oxygens (including phenoxy) is 4. The topological polar surface area (TPSA) is 88.1 Å². The Balaban J connectivity index is 0.000000226. The minimum atomic E-state index is -0.377. The third-order valence-electron chi connectivity index (χ3n) is 8.38. The van der Waals surface area contributed by atoms with E-state index >= 15 is 0 Å². The zero-order valence-electron chi connectivity index (χ0n) is 34.4. The lowest BCUT2D eigenvalue weighted by Crippen LogP contribution is -2.19. The van der Waals surface area contributed by atoms with Crippen LogP contribution in [0.5, 0.6) is 28.7 Å². The molecule has 5 rings (SSSR count). The van der Waals surface area contributed by atoms with Gasteiger partial charge in [0.1, 0.15) is 28.7 Å². The molecule has 0 saturated heterocycles. The van der Waals surface area contributed by atoms with E-state index in [0.29, 0.717) is 11.3 Å². The average molecular weight is 745 g/mol. The lowest BCUT2D eigenvalue weighted by molar-refractivity contribution is 0.0852. The number of Topliss-reactive ketones (excluding diaryl/α,β-unsaturated/α-hetero) is 3. The first-order chi connectivity index (χ1) is 25.8. The van der Waals surface area contributed by atoms with E-state index in [1.165, 1.54) is 0 Å². The molecule has 0 unspecified atom stereocenters. The van der Waals surface area contributed by atoms with Crippen LogP contribution in [0, 0.1) is 16.2 Å². The van der Waals surface area contributed by atoms with Gasteiger partial charge < -0.3 is 18.9 Å². The van der Waals surface area contributed by atoms with Gasteiger partial charge in [-0.3, -0.25) is 14.4 Å². The van der Waals surface area contributed by atoms with Gasteiger partial charge in [-0.2, -0.15) is 0 Å². The van der Waals surface area contributed by atoms with Crippen molar-refractivity contribution in [3.63, 3.8) is 0 Å². The van der Waals surface area contributed by atoms with Gasteiger partial charge in [0.15, 0.2) is 17.3 Å². The molecule has 290 valence electrons. The summed E-state index contributed by atoms with van der Waals surface area (Å²) in [6, 6.07) is 37.4. The minimum Gasteiger partial charge on any atom is -0.497 e. The van der Waals surface area contributed by atoms with Gasteiger partial charge in [0.25, 0.3) is 0 Å². The molecule has 0 saturated carbocycles. The van der Waals surface area contributed by atoms with Crippen LogP contribution in [0.4, 0.5) is 0 Å². The summed E-state index contributed by atoms with van der Waals surface area (Å²) in [5, 5.41) is 0. The molecule has 7 nitrogen and oxygen atoms in total. The second-order valence-electron chi connectivity index (χ2n) is 16.1. The molecule has 0 N–H and O–H groups in total. The summed E-state index contributed by atoms with van der Waals surface area (Å²) in [6.45, 7) is 17.3. The standard InChI is InChI=1S/C18H20O3.C18H20O2.C12H16O2/c1-18(2,3)17(19)13-5-7-15(8-6-13)21-16-11-9-14(20-4)10-12-16;1-18(2,3)17(19)15-7-5-13(6-8-15)14-9-11-16(20-4)12-10-14;1-12(2,3)11(13)9-5-7-10(14-4)8-6-9/h5-12H,1-4H3;5-12H,1-4H3;5-8H,1-4H3. The van der Waals surface area contributed by atoms with E-state index in [-0.39, 0.29) is 33.6 Å². The fourth-order valence-corrected chi connectivity index (χ4v) is 5.09. The maximum atomic E-state index is 12.2. The predicted octanol–water partition coefficient (Wildman–Crippen LogP) is 12.2. The predicted molar refractivity (Wildman–Crippen MR) is 222 cm³/mol. The molecule has 0 aliphatic rings. The van der Waals surface area contributed by atoms with Crippen molar-refractivity contribution < 1.29 is 33.3 Å². The van der Waals surface area contributed by atoms with E-state index in [1.54, 1.807) is 57.7 Å². The largest absolute Gasteiger partial charge is 0.497 e. The summed E-state index contributed by atoms with van der Waals surface area (Å²) in [6.07, 6.45) is 0. The van der Waals surface area contributed by atoms with E-state index in [4.69, 9.17) is 18.9 Å². The molecule has 5 aromatic rings. The van der Waals surface area contributed by atoms with Crippen LogP contribution in [0.25, 0.3) is 11.1 Å². The van der Waals surface area contributed by atoms with Gasteiger partial charge in [-0.1, -0.05) is 98.7 Å². The Hall–Kier alpha value is -5.69. The highest BCUT2D eigenvalue weighted by molar-refractivity contribution is 6.01. The lowest BCUT2D eigenvalue weighted by Gasteiger charge is -2.16. The first kappa shape index (κ1) is 43.7. The molecule has 0 heterocycles. The number of methoxy groups -OCH3 is 3. The molecular formula is C48H56O7. The molecule has 0 spiro atoms. The fraction of sp³-hybridized carbons (Fsp3) is 0.312. The summed E-state index contributed by atoms with van der Waals surface area (Å²) in [7, 11) is 4.89. The van der Waals surface area contributed by atoms with Crippen LogP contribution in [-0.2, 0) is 0 Å². The van der Waals surface area contributed by atoms with Gasteiger partial charge in [0, 0.05) is 32.9 Å². The molecule has 0 atom stereocenters. The zero-order chi connectivity index (χ0) is 41.0. The lowest BCUT2D eigenvalue weighted by atomic mass is 9.86. The van der Waals surface area contributed by atoms with Crippen LogP contribution < -0.4 is 18.9 Å². The Kier molecular flexibility index (Phi) is 15.2. The molecule has 0 bridgehead atoms. The molecular weight excluding hydrogens is 689 g/mol. The van der Waals surface area contributed by atoms with Crippen LogP contribution in [0.1, 0.15) is 93.4 Å².